The molecule has 20 heavy (non-hydrogen) atoms. The van der Waals surface area contributed by atoms with Crippen molar-refractivity contribution in [1.29, 1.82) is 0 Å². The fraction of sp³-hybridized carbons (Fsp3) is 0.278. The molecule has 2 atom stereocenters. The molecule has 0 radical (unpaired) electrons. The molecule has 0 heterocycles. The number of benzene rings is 2. The number of carbonyl (C=O) groups is 1. The fourth-order valence-electron chi connectivity index (χ4n) is 2.61. The van der Waals surface area contributed by atoms with Gasteiger partial charge in [0, 0.05) is 11.6 Å². The van der Waals surface area contributed by atoms with Gasteiger partial charge in [-0.1, -0.05) is 49.4 Å². The summed E-state index contributed by atoms with van der Waals surface area (Å²) in [6.45, 7) is 2.13. The van der Waals surface area contributed by atoms with Crippen LogP contribution >= 0.6 is 0 Å². The summed E-state index contributed by atoms with van der Waals surface area (Å²) in [6.07, 6.45) is 1.98. The summed E-state index contributed by atoms with van der Waals surface area (Å²) in [5.41, 5.74) is 3.46. The molecule has 0 spiro atoms. The molecule has 2 heteroatoms. The molecule has 1 N–H and O–H groups in total. The van der Waals surface area contributed by atoms with Crippen LogP contribution in [0.4, 0.5) is 5.69 Å². The van der Waals surface area contributed by atoms with Crippen LogP contribution in [-0.2, 0) is 11.2 Å². The normalized spacial score (nSPS) is 20.4. The lowest BCUT2D eigenvalue weighted by molar-refractivity contribution is -0.117. The molecule has 0 saturated heterocycles. The topological polar surface area (TPSA) is 29.1 Å². The Hall–Kier alpha value is -2.09. The Morgan fingerprint density at radius 2 is 1.80 bits per heavy atom. The van der Waals surface area contributed by atoms with Gasteiger partial charge >= 0.3 is 0 Å². The lowest BCUT2D eigenvalue weighted by atomic mass is 10.1. The average Bonchev–Trinajstić information content (AvgIpc) is 3.29. The minimum absolute atomic E-state index is 0.128. The van der Waals surface area contributed by atoms with E-state index in [1.165, 1.54) is 11.1 Å². The Balaban J connectivity index is 1.61. The summed E-state index contributed by atoms with van der Waals surface area (Å²) in [6, 6.07) is 18.4. The van der Waals surface area contributed by atoms with Gasteiger partial charge in [0.2, 0.25) is 5.91 Å². The van der Waals surface area contributed by atoms with Crippen LogP contribution in [0.25, 0.3) is 0 Å². The number of carbonyl (C=O) groups excluding carboxylic acids is 1. The Kier molecular flexibility index (Phi) is 3.55. The Bertz CT molecular complexity index is 589. The molecular formula is C18H19NO. The lowest BCUT2D eigenvalue weighted by Crippen LogP contribution is -2.14. The predicted molar refractivity (Wildman–Crippen MR) is 81.7 cm³/mol. The Morgan fingerprint density at radius 3 is 2.45 bits per heavy atom. The zero-order valence-corrected chi connectivity index (χ0v) is 11.7. The molecule has 1 fully saturated rings. The van der Waals surface area contributed by atoms with Crippen LogP contribution in [0.2, 0.25) is 0 Å². The highest BCUT2D eigenvalue weighted by Gasteiger charge is 2.43. The highest BCUT2D eigenvalue weighted by Crippen LogP contribution is 2.47. The summed E-state index contributed by atoms with van der Waals surface area (Å²) in [5.74, 6) is 0.664. The second-order valence-electron chi connectivity index (χ2n) is 5.40. The van der Waals surface area contributed by atoms with Crippen LogP contribution in [0.3, 0.4) is 0 Å². The maximum atomic E-state index is 12.2. The van der Waals surface area contributed by atoms with Gasteiger partial charge in [-0.15, -0.1) is 0 Å². The van der Waals surface area contributed by atoms with Crippen molar-refractivity contribution in [3.63, 3.8) is 0 Å². The molecule has 0 bridgehead atoms. The smallest absolute Gasteiger partial charge is 0.228 e. The number of rotatable bonds is 4. The van der Waals surface area contributed by atoms with Crippen LogP contribution in [0.5, 0.6) is 0 Å². The average molecular weight is 265 g/mol. The summed E-state index contributed by atoms with van der Waals surface area (Å²) >= 11 is 0. The third-order valence-electron chi connectivity index (χ3n) is 3.98. The molecule has 1 aliphatic rings. The van der Waals surface area contributed by atoms with E-state index in [0.29, 0.717) is 5.92 Å². The zero-order chi connectivity index (χ0) is 13.9. The van der Waals surface area contributed by atoms with E-state index >= 15 is 0 Å². The first kappa shape index (κ1) is 12.9. The minimum atomic E-state index is 0.128. The van der Waals surface area contributed by atoms with Crippen LogP contribution in [0, 0.1) is 5.92 Å². The van der Waals surface area contributed by atoms with E-state index in [4.69, 9.17) is 0 Å². The number of anilines is 1. The molecule has 0 unspecified atom stereocenters. The fourth-order valence-corrected chi connectivity index (χ4v) is 2.61. The summed E-state index contributed by atoms with van der Waals surface area (Å²) in [7, 11) is 0. The highest BCUT2D eigenvalue weighted by atomic mass is 16.2. The van der Waals surface area contributed by atoms with Crippen molar-refractivity contribution in [3.05, 3.63) is 65.7 Å². The van der Waals surface area contributed by atoms with Gasteiger partial charge in [0.1, 0.15) is 0 Å². The van der Waals surface area contributed by atoms with Crippen LogP contribution < -0.4 is 5.32 Å². The van der Waals surface area contributed by atoms with Gasteiger partial charge < -0.3 is 5.32 Å². The van der Waals surface area contributed by atoms with Crippen LogP contribution in [-0.4, -0.2) is 5.91 Å². The van der Waals surface area contributed by atoms with Gasteiger partial charge in [-0.05, 0) is 42.0 Å². The molecule has 0 aliphatic heterocycles. The number of amides is 1. The summed E-state index contributed by atoms with van der Waals surface area (Å²) < 4.78 is 0. The van der Waals surface area contributed by atoms with Crippen molar-refractivity contribution >= 4 is 11.6 Å². The van der Waals surface area contributed by atoms with Gasteiger partial charge in [0.05, 0.1) is 0 Å². The SMILES string of the molecule is CCc1ccc(NC(=O)[C@H]2C[C@@H]2c2ccccc2)cc1. The molecule has 3 rings (SSSR count). The van der Waals surface area contributed by atoms with Crippen molar-refractivity contribution in [1.82, 2.24) is 0 Å². The predicted octanol–water partition coefficient (Wildman–Crippen LogP) is 3.99. The third-order valence-corrected chi connectivity index (χ3v) is 3.98. The first-order valence-electron chi connectivity index (χ1n) is 7.22. The molecule has 2 nitrogen and oxygen atoms in total. The first-order valence-corrected chi connectivity index (χ1v) is 7.22. The van der Waals surface area contributed by atoms with Gasteiger partial charge in [0.15, 0.2) is 0 Å². The van der Waals surface area contributed by atoms with Crippen molar-refractivity contribution in [2.24, 2.45) is 5.92 Å². The second kappa shape index (κ2) is 5.49. The minimum Gasteiger partial charge on any atom is -0.326 e. The molecule has 102 valence electrons. The number of hydrogen-bond donors (Lipinski definition) is 1. The third kappa shape index (κ3) is 2.74. The van der Waals surface area contributed by atoms with Crippen molar-refractivity contribution < 1.29 is 4.79 Å². The van der Waals surface area contributed by atoms with E-state index in [0.717, 1.165) is 18.5 Å². The van der Waals surface area contributed by atoms with Gasteiger partial charge in [0.25, 0.3) is 0 Å². The molecule has 2 aromatic rings. The molecular weight excluding hydrogens is 246 g/mol. The first-order chi connectivity index (χ1) is 9.78. The van der Waals surface area contributed by atoms with Gasteiger partial charge in [-0.3, -0.25) is 4.79 Å². The van der Waals surface area contributed by atoms with Crippen molar-refractivity contribution in [2.45, 2.75) is 25.7 Å². The largest absolute Gasteiger partial charge is 0.326 e. The Morgan fingerprint density at radius 1 is 1.10 bits per heavy atom. The number of aryl methyl sites for hydroxylation is 1. The van der Waals surface area contributed by atoms with E-state index in [-0.39, 0.29) is 11.8 Å². The number of hydrogen-bond acceptors (Lipinski definition) is 1. The van der Waals surface area contributed by atoms with E-state index in [1.807, 2.05) is 30.3 Å². The lowest BCUT2D eigenvalue weighted by Gasteiger charge is -2.06. The van der Waals surface area contributed by atoms with Crippen LogP contribution in [0.1, 0.15) is 30.4 Å². The quantitative estimate of drug-likeness (QED) is 0.889. The van der Waals surface area contributed by atoms with Gasteiger partial charge in [-0.25, -0.2) is 0 Å². The van der Waals surface area contributed by atoms with Crippen molar-refractivity contribution in [2.75, 3.05) is 5.32 Å². The van der Waals surface area contributed by atoms with E-state index < -0.39 is 0 Å². The standard InChI is InChI=1S/C18H19NO/c1-2-13-8-10-15(11-9-13)19-18(20)17-12-16(17)14-6-4-3-5-7-14/h3-11,16-17H,2,12H2,1H3,(H,19,20)/t16-,17+/m1/s1. The molecule has 2 aromatic carbocycles. The zero-order valence-electron chi connectivity index (χ0n) is 11.7. The summed E-state index contributed by atoms with van der Waals surface area (Å²) in [4.78, 5) is 12.2. The summed E-state index contributed by atoms with van der Waals surface area (Å²) in [5, 5.41) is 3.02. The van der Waals surface area contributed by atoms with Gasteiger partial charge in [-0.2, -0.15) is 0 Å². The van der Waals surface area contributed by atoms with E-state index in [9.17, 15) is 4.79 Å². The number of nitrogens with one attached hydrogen (secondary N) is 1. The molecule has 1 amide bonds. The van der Waals surface area contributed by atoms with Crippen LogP contribution in [0.15, 0.2) is 54.6 Å². The maximum Gasteiger partial charge on any atom is 0.228 e. The monoisotopic (exact) mass is 265 g/mol. The molecule has 0 aromatic heterocycles. The second-order valence-corrected chi connectivity index (χ2v) is 5.40. The maximum absolute atomic E-state index is 12.2. The highest BCUT2D eigenvalue weighted by molar-refractivity contribution is 5.95. The molecule has 1 aliphatic carbocycles. The van der Waals surface area contributed by atoms with Crippen molar-refractivity contribution in [3.8, 4) is 0 Å². The van der Waals surface area contributed by atoms with E-state index in [2.05, 4.69) is 36.5 Å². The Labute approximate surface area is 119 Å². The van der Waals surface area contributed by atoms with E-state index in [1.54, 1.807) is 0 Å². The molecule has 1 saturated carbocycles.